The summed E-state index contributed by atoms with van der Waals surface area (Å²) < 4.78 is 17.5. The summed E-state index contributed by atoms with van der Waals surface area (Å²) in [6.45, 7) is 13.6. The van der Waals surface area contributed by atoms with Crippen molar-refractivity contribution in [2.45, 2.75) is 85.9 Å². The molecule has 1 aliphatic heterocycles. The number of hydrogen-bond donors (Lipinski definition) is 0. The van der Waals surface area contributed by atoms with E-state index in [1.54, 1.807) is 0 Å². The highest BCUT2D eigenvalue weighted by Gasteiger charge is 2.45. The van der Waals surface area contributed by atoms with Crippen molar-refractivity contribution in [1.82, 2.24) is 0 Å². The summed E-state index contributed by atoms with van der Waals surface area (Å²) in [5, 5.41) is 0. The molecule has 0 aliphatic carbocycles. The van der Waals surface area contributed by atoms with Crippen molar-refractivity contribution in [3.05, 3.63) is 47.5 Å². The van der Waals surface area contributed by atoms with E-state index in [1.807, 2.05) is 36.4 Å². The van der Waals surface area contributed by atoms with Gasteiger partial charge in [-0.05, 0) is 48.5 Å². The molecule has 34 heavy (non-hydrogen) atoms. The molecular weight excluding hydrogens is 428 g/mol. The fourth-order valence-electron chi connectivity index (χ4n) is 4.49. The van der Waals surface area contributed by atoms with Crippen molar-refractivity contribution in [3.63, 3.8) is 0 Å². The molecule has 0 aromatic heterocycles. The first-order chi connectivity index (χ1) is 16.1. The Morgan fingerprint density at radius 3 is 2.24 bits per heavy atom. The van der Waals surface area contributed by atoms with Gasteiger partial charge in [-0.15, -0.1) is 0 Å². The number of cyclic esters (lactones) is 1. The van der Waals surface area contributed by atoms with Crippen molar-refractivity contribution < 1.29 is 23.8 Å². The number of ether oxygens (including phenoxy) is 3. The molecule has 0 N–H and O–H groups in total. The SMILES string of the molecule is CC(C)C/C=C1\CC(COCc2ccccc2)(COC(=O)CC(CC(C)C)CC(C)C)OC1=O. The van der Waals surface area contributed by atoms with E-state index in [9.17, 15) is 9.59 Å². The van der Waals surface area contributed by atoms with Crippen LogP contribution in [0.4, 0.5) is 0 Å². The largest absolute Gasteiger partial charge is 0.461 e. The number of rotatable bonds is 14. The Balaban J connectivity index is 2.04. The molecule has 1 atom stereocenters. The third-order valence-electron chi connectivity index (χ3n) is 5.96. The van der Waals surface area contributed by atoms with Gasteiger partial charge in [0.15, 0.2) is 5.60 Å². The maximum absolute atomic E-state index is 12.8. The molecule has 2 rings (SSSR count). The van der Waals surface area contributed by atoms with Crippen molar-refractivity contribution in [1.29, 1.82) is 0 Å². The summed E-state index contributed by atoms with van der Waals surface area (Å²) in [7, 11) is 0. The Morgan fingerprint density at radius 2 is 1.65 bits per heavy atom. The average molecular weight is 473 g/mol. The van der Waals surface area contributed by atoms with Gasteiger partial charge in [0, 0.05) is 18.4 Å². The molecule has 1 aromatic carbocycles. The van der Waals surface area contributed by atoms with Gasteiger partial charge in [0.2, 0.25) is 0 Å². The van der Waals surface area contributed by atoms with Crippen LogP contribution in [0.2, 0.25) is 0 Å². The molecule has 5 nitrogen and oxygen atoms in total. The third kappa shape index (κ3) is 10.0. The van der Waals surface area contributed by atoms with Crippen molar-refractivity contribution in [2.24, 2.45) is 23.7 Å². The normalized spacial score (nSPS) is 19.6. The minimum atomic E-state index is -0.976. The zero-order valence-electron chi connectivity index (χ0n) is 22.0. The smallest absolute Gasteiger partial charge is 0.334 e. The molecule has 1 unspecified atom stereocenters. The predicted octanol–water partition coefficient (Wildman–Crippen LogP) is 6.50. The van der Waals surface area contributed by atoms with Gasteiger partial charge in [-0.1, -0.05) is 78.0 Å². The lowest BCUT2D eigenvalue weighted by atomic mass is 9.87. The molecule has 1 heterocycles. The summed E-state index contributed by atoms with van der Waals surface area (Å²) in [4.78, 5) is 25.4. The highest BCUT2D eigenvalue weighted by atomic mass is 16.6. The maximum Gasteiger partial charge on any atom is 0.334 e. The van der Waals surface area contributed by atoms with E-state index in [4.69, 9.17) is 14.2 Å². The third-order valence-corrected chi connectivity index (χ3v) is 5.96. The number of carbonyl (C=O) groups is 2. The second kappa shape index (κ2) is 13.7. The van der Waals surface area contributed by atoms with Crippen molar-refractivity contribution in [3.8, 4) is 0 Å². The number of esters is 2. The number of allylic oxidation sites excluding steroid dienone is 1. The molecule has 5 heteroatoms. The van der Waals surface area contributed by atoms with Crippen LogP contribution in [-0.4, -0.2) is 30.8 Å². The van der Waals surface area contributed by atoms with E-state index < -0.39 is 5.60 Å². The second-order valence-corrected chi connectivity index (χ2v) is 11.1. The molecule has 1 aliphatic rings. The van der Waals surface area contributed by atoms with E-state index in [0.717, 1.165) is 24.8 Å². The predicted molar refractivity (Wildman–Crippen MR) is 135 cm³/mol. The van der Waals surface area contributed by atoms with Gasteiger partial charge in [-0.25, -0.2) is 4.79 Å². The zero-order chi connectivity index (χ0) is 25.1. The first-order valence-corrected chi connectivity index (χ1v) is 12.8. The van der Waals surface area contributed by atoms with Crippen LogP contribution in [0.1, 0.15) is 79.2 Å². The molecule has 190 valence electrons. The summed E-state index contributed by atoms with van der Waals surface area (Å²) in [6, 6.07) is 9.86. The minimum Gasteiger partial charge on any atom is -0.461 e. The van der Waals surface area contributed by atoms with E-state index in [-0.39, 0.29) is 25.2 Å². The quantitative estimate of drug-likeness (QED) is 0.228. The Bertz CT molecular complexity index is 786. The van der Waals surface area contributed by atoms with Gasteiger partial charge < -0.3 is 14.2 Å². The highest BCUT2D eigenvalue weighted by molar-refractivity contribution is 5.91. The number of hydrogen-bond acceptors (Lipinski definition) is 5. The molecule has 1 fully saturated rings. The van der Waals surface area contributed by atoms with Crippen LogP contribution in [0, 0.1) is 23.7 Å². The van der Waals surface area contributed by atoms with Crippen LogP contribution in [0.15, 0.2) is 42.0 Å². The van der Waals surface area contributed by atoms with Gasteiger partial charge in [-0.3, -0.25) is 4.79 Å². The second-order valence-electron chi connectivity index (χ2n) is 11.1. The number of carbonyl (C=O) groups excluding carboxylic acids is 2. The van der Waals surface area contributed by atoms with Gasteiger partial charge in [0.1, 0.15) is 6.61 Å². The Kier molecular flexibility index (Phi) is 11.3. The Morgan fingerprint density at radius 1 is 1.00 bits per heavy atom. The standard InChI is InChI=1S/C29H44O5/c1-21(2)12-13-26-17-29(34-28(26)31,19-32-18-24-10-8-7-9-11-24)20-33-27(30)16-25(14-22(3)4)15-23(5)6/h7-11,13,21-23,25H,12,14-20H2,1-6H3/b26-13+. The van der Waals surface area contributed by atoms with Crippen LogP contribution in [-0.2, 0) is 30.4 Å². The van der Waals surface area contributed by atoms with Crippen molar-refractivity contribution >= 4 is 11.9 Å². The molecule has 1 aromatic rings. The zero-order valence-corrected chi connectivity index (χ0v) is 22.0. The molecule has 0 amide bonds. The minimum absolute atomic E-state index is 0.0153. The molecule has 0 spiro atoms. The Labute approximate surface area is 206 Å². The summed E-state index contributed by atoms with van der Waals surface area (Å²) in [6.07, 6.45) is 5.53. The topological polar surface area (TPSA) is 61.8 Å². The molecule has 0 radical (unpaired) electrons. The summed E-state index contributed by atoms with van der Waals surface area (Å²) in [5.74, 6) is 1.23. The lowest BCUT2D eigenvalue weighted by molar-refractivity contribution is -0.169. The van der Waals surface area contributed by atoms with Crippen molar-refractivity contribution in [2.75, 3.05) is 13.2 Å². The maximum atomic E-state index is 12.8. The lowest BCUT2D eigenvalue weighted by Crippen LogP contribution is -2.40. The van der Waals surface area contributed by atoms with Crippen LogP contribution in [0.25, 0.3) is 0 Å². The summed E-state index contributed by atoms with van der Waals surface area (Å²) >= 11 is 0. The van der Waals surface area contributed by atoms with E-state index >= 15 is 0 Å². The first-order valence-electron chi connectivity index (χ1n) is 12.8. The van der Waals surface area contributed by atoms with E-state index in [0.29, 0.717) is 48.7 Å². The van der Waals surface area contributed by atoms with E-state index in [1.165, 1.54) is 0 Å². The monoisotopic (exact) mass is 472 g/mol. The summed E-state index contributed by atoms with van der Waals surface area (Å²) in [5.41, 5.74) is 0.709. The molecule has 0 bridgehead atoms. The molecule has 1 saturated heterocycles. The number of benzene rings is 1. The van der Waals surface area contributed by atoms with Crippen LogP contribution in [0.3, 0.4) is 0 Å². The van der Waals surface area contributed by atoms with Crippen LogP contribution < -0.4 is 0 Å². The van der Waals surface area contributed by atoms with Gasteiger partial charge in [0.05, 0.1) is 13.2 Å². The van der Waals surface area contributed by atoms with Gasteiger partial charge in [-0.2, -0.15) is 0 Å². The lowest BCUT2D eigenvalue weighted by Gasteiger charge is -2.27. The Hall–Kier alpha value is -2.14. The van der Waals surface area contributed by atoms with Gasteiger partial charge in [0.25, 0.3) is 0 Å². The fraction of sp³-hybridized carbons (Fsp3) is 0.655. The molecular formula is C29H44O5. The highest BCUT2D eigenvalue weighted by Crippen LogP contribution is 2.33. The average Bonchev–Trinajstić information content (AvgIpc) is 3.06. The van der Waals surface area contributed by atoms with Gasteiger partial charge >= 0.3 is 11.9 Å². The first kappa shape index (κ1) is 28.1. The van der Waals surface area contributed by atoms with E-state index in [2.05, 4.69) is 41.5 Å². The fourth-order valence-corrected chi connectivity index (χ4v) is 4.49. The van der Waals surface area contributed by atoms with Crippen LogP contribution in [0.5, 0.6) is 0 Å². The molecule has 0 saturated carbocycles. The van der Waals surface area contributed by atoms with Crippen LogP contribution >= 0.6 is 0 Å².